The lowest BCUT2D eigenvalue weighted by Gasteiger charge is -2.32. The summed E-state index contributed by atoms with van der Waals surface area (Å²) < 4.78 is 56.1. The van der Waals surface area contributed by atoms with Crippen LogP contribution in [0.5, 0.6) is 0 Å². The molecule has 2 aromatic rings. The molecule has 0 aromatic carbocycles. The van der Waals surface area contributed by atoms with Crippen molar-refractivity contribution in [2.24, 2.45) is 0 Å². The molecular formula is C18H27N5O11P2-2. The molecule has 0 radical (unpaired) electrons. The Kier molecular flexibility index (Phi) is 8.87. The molecule has 2 N–H and O–H groups in total. The Bertz CT molecular complexity index is 1180. The van der Waals surface area contributed by atoms with Crippen molar-refractivity contribution in [2.75, 3.05) is 12.3 Å². The SMILES string of the molecule is CC(=O)O[C@H]1C(OC(C)C)[C@@H](COP(=O)([O-])OP(=O)([O-])OC(C)C)O[C@H]1n1cnc2c(N)ncnc21. The maximum absolute atomic E-state index is 12.2. The summed E-state index contributed by atoms with van der Waals surface area (Å²) in [6, 6.07) is 0. The molecule has 0 saturated carbocycles. The number of fused-ring (bicyclic) bond motifs is 1. The average Bonchev–Trinajstić information content (AvgIpc) is 3.27. The van der Waals surface area contributed by atoms with E-state index in [0.29, 0.717) is 0 Å². The van der Waals surface area contributed by atoms with Crippen molar-refractivity contribution in [3.05, 3.63) is 12.7 Å². The van der Waals surface area contributed by atoms with Gasteiger partial charge in [-0.1, -0.05) is 0 Å². The second-order valence-electron chi connectivity index (χ2n) is 8.30. The van der Waals surface area contributed by atoms with Gasteiger partial charge in [0.05, 0.1) is 25.1 Å². The highest BCUT2D eigenvalue weighted by atomic mass is 31.3. The molecule has 16 nitrogen and oxygen atoms in total. The summed E-state index contributed by atoms with van der Waals surface area (Å²) in [5, 5.41) is 0. The van der Waals surface area contributed by atoms with Crippen molar-refractivity contribution in [3.63, 3.8) is 0 Å². The predicted molar refractivity (Wildman–Crippen MR) is 118 cm³/mol. The van der Waals surface area contributed by atoms with E-state index in [1.807, 2.05) is 0 Å². The van der Waals surface area contributed by atoms with Crippen LogP contribution in [-0.4, -0.2) is 62.6 Å². The molecule has 3 unspecified atom stereocenters. The molecule has 36 heavy (non-hydrogen) atoms. The second kappa shape index (κ2) is 11.2. The summed E-state index contributed by atoms with van der Waals surface area (Å²) in [5.74, 6) is -0.562. The van der Waals surface area contributed by atoms with Gasteiger partial charge in [-0.25, -0.2) is 19.3 Å². The summed E-state index contributed by atoms with van der Waals surface area (Å²) in [5.41, 5.74) is 6.36. The van der Waals surface area contributed by atoms with Gasteiger partial charge >= 0.3 is 5.97 Å². The number of carbonyl (C=O) groups excluding carboxylic acids is 1. The number of imidazole rings is 1. The Morgan fingerprint density at radius 1 is 1.14 bits per heavy atom. The zero-order valence-electron chi connectivity index (χ0n) is 20.1. The third-order valence-electron chi connectivity index (χ3n) is 4.61. The smallest absolute Gasteiger partial charge is 0.303 e. The highest BCUT2D eigenvalue weighted by Crippen LogP contribution is 2.56. The van der Waals surface area contributed by atoms with Crippen molar-refractivity contribution in [1.82, 2.24) is 19.5 Å². The van der Waals surface area contributed by atoms with Crippen LogP contribution >= 0.6 is 15.6 Å². The first kappa shape index (κ1) is 28.6. The molecule has 0 bridgehead atoms. The first-order chi connectivity index (χ1) is 16.7. The van der Waals surface area contributed by atoms with Gasteiger partial charge in [0, 0.05) is 6.92 Å². The molecule has 1 saturated heterocycles. The summed E-state index contributed by atoms with van der Waals surface area (Å²) in [7, 11) is -10.6. The van der Waals surface area contributed by atoms with E-state index in [-0.39, 0.29) is 17.0 Å². The van der Waals surface area contributed by atoms with Gasteiger partial charge in [0.2, 0.25) is 0 Å². The second-order valence-corrected chi connectivity index (χ2v) is 11.2. The van der Waals surface area contributed by atoms with Gasteiger partial charge in [0.15, 0.2) is 23.8 Å². The van der Waals surface area contributed by atoms with E-state index in [2.05, 4.69) is 23.8 Å². The molecule has 1 aliphatic heterocycles. The van der Waals surface area contributed by atoms with Crippen molar-refractivity contribution >= 4 is 38.6 Å². The minimum absolute atomic E-state index is 0.103. The Morgan fingerprint density at radius 2 is 1.83 bits per heavy atom. The Balaban J connectivity index is 1.89. The fourth-order valence-corrected chi connectivity index (χ4v) is 5.67. The Hall–Kier alpha value is -2.00. The molecule has 18 heteroatoms. The minimum Gasteiger partial charge on any atom is -0.756 e. The third-order valence-corrected chi connectivity index (χ3v) is 7.36. The van der Waals surface area contributed by atoms with E-state index in [1.54, 1.807) is 13.8 Å². The summed E-state index contributed by atoms with van der Waals surface area (Å²) in [6.45, 7) is 6.60. The number of nitrogens with zero attached hydrogens (tertiary/aromatic N) is 4. The number of carbonyl (C=O) groups is 1. The van der Waals surface area contributed by atoms with Crippen LogP contribution in [0.25, 0.3) is 11.2 Å². The first-order valence-corrected chi connectivity index (χ1v) is 13.7. The number of hydrogen-bond acceptors (Lipinski definition) is 15. The normalized spacial score (nSPS) is 25.8. The van der Waals surface area contributed by atoms with Crippen LogP contribution in [0.15, 0.2) is 12.7 Å². The monoisotopic (exact) mass is 551 g/mol. The molecule has 6 atom stereocenters. The van der Waals surface area contributed by atoms with Gasteiger partial charge in [-0.2, -0.15) is 0 Å². The minimum atomic E-state index is -5.41. The van der Waals surface area contributed by atoms with Crippen LogP contribution in [-0.2, 0) is 41.5 Å². The third kappa shape index (κ3) is 7.06. The van der Waals surface area contributed by atoms with Crippen molar-refractivity contribution < 1.29 is 51.3 Å². The molecular weight excluding hydrogens is 524 g/mol. The molecule has 3 rings (SSSR count). The summed E-state index contributed by atoms with van der Waals surface area (Å²) in [4.78, 5) is 48.1. The molecule has 0 aliphatic carbocycles. The number of nitrogens with two attached hydrogens (primary N) is 1. The van der Waals surface area contributed by atoms with E-state index in [9.17, 15) is 23.7 Å². The summed E-state index contributed by atoms with van der Waals surface area (Å²) >= 11 is 0. The Labute approximate surface area is 206 Å². The number of phosphoric ester groups is 2. The van der Waals surface area contributed by atoms with E-state index in [1.165, 1.54) is 38.0 Å². The fraction of sp³-hybridized carbons (Fsp3) is 0.667. The number of nitrogen functional groups attached to an aromatic ring is 1. The van der Waals surface area contributed by atoms with Crippen LogP contribution < -0.4 is 15.5 Å². The highest BCUT2D eigenvalue weighted by molar-refractivity contribution is 7.59. The molecule has 1 aliphatic rings. The van der Waals surface area contributed by atoms with E-state index < -0.39 is 65.0 Å². The van der Waals surface area contributed by atoms with Gasteiger partial charge in [0.25, 0.3) is 15.6 Å². The lowest BCUT2D eigenvalue weighted by molar-refractivity contribution is -0.247. The average molecular weight is 551 g/mol. The molecule has 1 fully saturated rings. The van der Waals surface area contributed by atoms with Crippen LogP contribution in [0.1, 0.15) is 40.8 Å². The lowest BCUT2D eigenvalue weighted by Crippen LogP contribution is -2.40. The number of phosphoric acid groups is 2. The number of hydrogen-bond donors (Lipinski definition) is 1. The van der Waals surface area contributed by atoms with Crippen LogP contribution in [0.4, 0.5) is 5.82 Å². The van der Waals surface area contributed by atoms with Gasteiger partial charge in [-0.3, -0.25) is 18.5 Å². The quantitative estimate of drug-likeness (QED) is 0.295. The number of esters is 1. The number of rotatable bonds is 11. The standard InChI is InChI=1S/C18H29N5O11P2/c1-9(2)30-14-12(6-29-35(25,26)34-36(27,28)33-10(3)4)32-18(15(14)31-11(5)24)23-8-22-13-16(19)20-7-21-17(13)23/h7-10,12,14-15,18H,6H2,1-5H3,(H,25,26)(H,27,28)(H2,19,20,21)/p-2/t12-,14?,15+,18-/m1/s1. The number of aromatic nitrogens is 4. The van der Waals surface area contributed by atoms with Crippen molar-refractivity contribution in [3.8, 4) is 0 Å². The van der Waals surface area contributed by atoms with Crippen molar-refractivity contribution in [2.45, 2.75) is 71.4 Å². The van der Waals surface area contributed by atoms with Gasteiger partial charge < -0.3 is 38.8 Å². The predicted octanol–water partition coefficient (Wildman–Crippen LogP) is 0.426. The zero-order chi connectivity index (χ0) is 26.8. The maximum atomic E-state index is 12.2. The summed E-state index contributed by atoms with van der Waals surface area (Å²) in [6.07, 6.45) is -3.12. The lowest BCUT2D eigenvalue weighted by atomic mass is 10.1. The highest BCUT2D eigenvalue weighted by Gasteiger charge is 2.50. The largest absolute Gasteiger partial charge is 0.756 e. The van der Waals surface area contributed by atoms with Crippen LogP contribution in [0.2, 0.25) is 0 Å². The van der Waals surface area contributed by atoms with Gasteiger partial charge in [0.1, 0.15) is 24.1 Å². The molecule has 0 spiro atoms. The van der Waals surface area contributed by atoms with Gasteiger partial charge in [-0.05, 0) is 27.7 Å². The number of ether oxygens (including phenoxy) is 3. The maximum Gasteiger partial charge on any atom is 0.303 e. The topological polar surface area (TPSA) is 222 Å². The van der Waals surface area contributed by atoms with E-state index in [4.69, 9.17) is 24.5 Å². The Morgan fingerprint density at radius 3 is 2.44 bits per heavy atom. The zero-order valence-corrected chi connectivity index (χ0v) is 21.9. The van der Waals surface area contributed by atoms with E-state index in [0.717, 1.165) is 0 Å². The van der Waals surface area contributed by atoms with Crippen LogP contribution in [0.3, 0.4) is 0 Å². The van der Waals surface area contributed by atoms with Crippen LogP contribution in [0, 0.1) is 0 Å². The molecule has 0 amide bonds. The molecule has 2 aromatic heterocycles. The van der Waals surface area contributed by atoms with Crippen molar-refractivity contribution in [1.29, 1.82) is 0 Å². The first-order valence-electron chi connectivity index (χ1n) is 10.8. The molecule has 202 valence electrons. The fourth-order valence-electron chi connectivity index (χ4n) is 3.51. The van der Waals surface area contributed by atoms with E-state index >= 15 is 0 Å². The van der Waals surface area contributed by atoms with Gasteiger partial charge in [-0.15, -0.1) is 0 Å². The molecule has 3 heterocycles. The number of anilines is 1.